The second-order valence-corrected chi connectivity index (χ2v) is 8.54. The van der Waals surface area contributed by atoms with Crippen LogP contribution in [0, 0.1) is 0 Å². The summed E-state index contributed by atoms with van der Waals surface area (Å²) in [7, 11) is 3.22. The number of rotatable bonds is 7. The SMILES string of the molecule is CCOC(=O)C[C@@]1([C@]2(CC(=O)OCC)C(=O)N(C)c3ccccc32)C(=O)N(C)c2ccccc21. The molecule has 2 atom stereocenters. The molecule has 2 aliphatic rings. The summed E-state index contributed by atoms with van der Waals surface area (Å²) in [5.41, 5.74) is -1.21. The van der Waals surface area contributed by atoms with Crippen LogP contribution in [-0.4, -0.2) is 51.1 Å². The molecule has 2 aliphatic heterocycles. The molecular weight excluding hydrogens is 436 g/mol. The van der Waals surface area contributed by atoms with Gasteiger partial charge in [0, 0.05) is 25.5 Å². The van der Waals surface area contributed by atoms with Gasteiger partial charge in [0.2, 0.25) is 11.8 Å². The number of likely N-dealkylation sites (N-methyl/N-ethyl adjacent to an activating group) is 2. The van der Waals surface area contributed by atoms with E-state index in [2.05, 4.69) is 0 Å². The van der Waals surface area contributed by atoms with E-state index in [0.29, 0.717) is 22.5 Å². The lowest BCUT2D eigenvalue weighted by molar-refractivity contribution is -0.154. The van der Waals surface area contributed by atoms with Crippen molar-refractivity contribution in [3.05, 3.63) is 59.7 Å². The summed E-state index contributed by atoms with van der Waals surface area (Å²) < 4.78 is 10.6. The third-order valence-electron chi connectivity index (χ3n) is 6.95. The molecule has 0 saturated heterocycles. The summed E-state index contributed by atoms with van der Waals surface area (Å²) in [5.74, 6) is -2.12. The smallest absolute Gasteiger partial charge is 0.307 e. The van der Waals surface area contributed by atoms with E-state index in [1.165, 1.54) is 9.80 Å². The molecule has 178 valence electrons. The van der Waals surface area contributed by atoms with Gasteiger partial charge >= 0.3 is 11.9 Å². The number of hydrogen-bond acceptors (Lipinski definition) is 6. The molecule has 0 saturated carbocycles. The normalized spacial score (nSPS) is 23.1. The van der Waals surface area contributed by atoms with Gasteiger partial charge in [0.15, 0.2) is 0 Å². The fraction of sp³-hybridized carbons (Fsp3) is 0.385. The van der Waals surface area contributed by atoms with Crippen molar-refractivity contribution in [1.29, 1.82) is 0 Å². The Bertz CT molecular complexity index is 1090. The van der Waals surface area contributed by atoms with Crippen LogP contribution in [0.3, 0.4) is 0 Å². The molecule has 2 amide bonds. The van der Waals surface area contributed by atoms with Crippen LogP contribution in [0.25, 0.3) is 0 Å². The van der Waals surface area contributed by atoms with Crippen molar-refractivity contribution in [2.45, 2.75) is 37.5 Å². The quantitative estimate of drug-likeness (QED) is 0.585. The van der Waals surface area contributed by atoms with Gasteiger partial charge in [0.05, 0.1) is 26.1 Å². The van der Waals surface area contributed by atoms with Crippen molar-refractivity contribution in [2.75, 3.05) is 37.1 Å². The molecular formula is C26H28N2O6. The first kappa shape index (κ1) is 23.5. The summed E-state index contributed by atoms with van der Waals surface area (Å²) in [5, 5.41) is 0. The van der Waals surface area contributed by atoms with Crippen molar-refractivity contribution in [3.8, 4) is 0 Å². The van der Waals surface area contributed by atoms with E-state index in [0.717, 1.165) is 0 Å². The minimum Gasteiger partial charge on any atom is -0.466 e. The van der Waals surface area contributed by atoms with Crippen LogP contribution in [0.15, 0.2) is 48.5 Å². The minimum absolute atomic E-state index is 0.121. The number of esters is 2. The Hall–Kier alpha value is -3.68. The molecule has 2 aromatic carbocycles. The number of fused-ring (bicyclic) bond motifs is 2. The van der Waals surface area contributed by atoms with Gasteiger partial charge in [-0.15, -0.1) is 0 Å². The van der Waals surface area contributed by atoms with Crippen LogP contribution in [0.5, 0.6) is 0 Å². The summed E-state index contributed by atoms with van der Waals surface area (Å²) >= 11 is 0. The zero-order valence-corrected chi connectivity index (χ0v) is 19.8. The van der Waals surface area contributed by atoms with Crippen LogP contribution >= 0.6 is 0 Å². The fourth-order valence-corrected chi connectivity index (χ4v) is 5.60. The Morgan fingerprint density at radius 2 is 1.06 bits per heavy atom. The van der Waals surface area contributed by atoms with Crippen LogP contribution < -0.4 is 9.80 Å². The Labute approximate surface area is 198 Å². The number of benzene rings is 2. The molecule has 0 unspecified atom stereocenters. The number of amides is 2. The predicted molar refractivity (Wildman–Crippen MR) is 126 cm³/mol. The zero-order chi connectivity index (χ0) is 24.7. The average molecular weight is 465 g/mol. The lowest BCUT2D eigenvalue weighted by Gasteiger charge is -2.43. The van der Waals surface area contributed by atoms with Gasteiger partial charge in [-0.1, -0.05) is 36.4 Å². The van der Waals surface area contributed by atoms with E-state index < -0.39 is 47.4 Å². The van der Waals surface area contributed by atoms with E-state index in [1.54, 1.807) is 76.5 Å². The van der Waals surface area contributed by atoms with Gasteiger partial charge in [-0.05, 0) is 37.1 Å². The monoisotopic (exact) mass is 464 g/mol. The fourth-order valence-electron chi connectivity index (χ4n) is 5.60. The predicted octanol–water partition coefficient (Wildman–Crippen LogP) is 2.72. The Morgan fingerprint density at radius 1 is 0.706 bits per heavy atom. The van der Waals surface area contributed by atoms with Crippen LogP contribution in [-0.2, 0) is 39.5 Å². The summed E-state index contributed by atoms with van der Waals surface area (Å²) in [6.45, 7) is 3.60. The maximum Gasteiger partial charge on any atom is 0.307 e. The highest BCUT2D eigenvalue weighted by Crippen LogP contribution is 2.61. The molecule has 0 spiro atoms. The van der Waals surface area contributed by atoms with Gasteiger partial charge in [-0.3, -0.25) is 19.2 Å². The average Bonchev–Trinajstić information content (AvgIpc) is 3.17. The topological polar surface area (TPSA) is 93.2 Å². The first-order valence-corrected chi connectivity index (χ1v) is 11.3. The van der Waals surface area contributed by atoms with Crippen molar-refractivity contribution >= 4 is 35.1 Å². The Morgan fingerprint density at radius 3 is 1.41 bits per heavy atom. The van der Waals surface area contributed by atoms with E-state index in [4.69, 9.17) is 9.47 Å². The van der Waals surface area contributed by atoms with E-state index >= 15 is 0 Å². The molecule has 0 radical (unpaired) electrons. The van der Waals surface area contributed by atoms with Crippen LogP contribution in [0.2, 0.25) is 0 Å². The molecule has 0 aliphatic carbocycles. The highest BCUT2D eigenvalue weighted by Gasteiger charge is 2.71. The highest BCUT2D eigenvalue weighted by molar-refractivity contribution is 6.20. The van der Waals surface area contributed by atoms with E-state index in [-0.39, 0.29) is 13.2 Å². The molecule has 2 aromatic rings. The van der Waals surface area contributed by atoms with Crippen molar-refractivity contribution in [1.82, 2.24) is 0 Å². The molecule has 0 aromatic heterocycles. The van der Waals surface area contributed by atoms with Gasteiger partial charge < -0.3 is 19.3 Å². The highest BCUT2D eigenvalue weighted by atomic mass is 16.5. The van der Waals surface area contributed by atoms with E-state index in [9.17, 15) is 19.2 Å². The number of hydrogen-bond donors (Lipinski definition) is 0. The molecule has 34 heavy (non-hydrogen) atoms. The molecule has 8 heteroatoms. The molecule has 0 bridgehead atoms. The Balaban J connectivity index is 2.10. The Kier molecular flexibility index (Phi) is 5.93. The number of anilines is 2. The standard InChI is InChI=1S/C26H28N2O6/c1-5-33-21(29)15-25(17-11-7-9-13-19(17)27(3)23(25)31)26(16-22(30)34-6-2)18-12-8-10-14-20(18)28(4)24(26)32/h7-14H,5-6,15-16H2,1-4H3/t25-,26-/m0/s1. The number of para-hydroxylation sites is 2. The maximum absolute atomic E-state index is 14.2. The molecule has 0 fully saturated rings. The third kappa shape index (κ3) is 3.04. The second kappa shape index (κ2) is 8.59. The van der Waals surface area contributed by atoms with Crippen LogP contribution in [0.4, 0.5) is 11.4 Å². The summed E-state index contributed by atoms with van der Waals surface area (Å²) in [6.07, 6.45) is -0.789. The molecule has 8 nitrogen and oxygen atoms in total. The van der Waals surface area contributed by atoms with Crippen molar-refractivity contribution < 1.29 is 28.7 Å². The molecule has 2 heterocycles. The first-order valence-electron chi connectivity index (χ1n) is 11.3. The van der Waals surface area contributed by atoms with Gasteiger partial charge in [0.25, 0.3) is 0 Å². The number of carbonyl (C=O) groups excluding carboxylic acids is 4. The zero-order valence-electron chi connectivity index (χ0n) is 19.8. The molecule has 4 rings (SSSR count). The maximum atomic E-state index is 14.2. The summed E-state index contributed by atoms with van der Waals surface area (Å²) in [4.78, 5) is 57.4. The second-order valence-electron chi connectivity index (χ2n) is 8.54. The van der Waals surface area contributed by atoms with Gasteiger partial charge in [-0.2, -0.15) is 0 Å². The van der Waals surface area contributed by atoms with Crippen LogP contribution in [0.1, 0.15) is 37.8 Å². The van der Waals surface area contributed by atoms with Crippen molar-refractivity contribution in [3.63, 3.8) is 0 Å². The largest absolute Gasteiger partial charge is 0.466 e. The molecule has 0 N–H and O–H groups in total. The summed E-state index contributed by atoms with van der Waals surface area (Å²) in [6, 6.07) is 14.1. The van der Waals surface area contributed by atoms with Gasteiger partial charge in [-0.25, -0.2) is 0 Å². The number of ether oxygens (including phenoxy) is 2. The third-order valence-corrected chi connectivity index (χ3v) is 6.95. The number of nitrogens with zero attached hydrogens (tertiary/aromatic N) is 2. The first-order chi connectivity index (χ1) is 16.3. The minimum atomic E-state index is -1.70. The van der Waals surface area contributed by atoms with Crippen molar-refractivity contribution in [2.24, 2.45) is 0 Å². The van der Waals surface area contributed by atoms with E-state index in [1.807, 2.05) is 0 Å². The van der Waals surface area contributed by atoms with Gasteiger partial charge in [0.1, 0.15) is 10.8 Å². The lowest BCUT2D eigenvalue weighted by Crippen LogP contribution is -2.61. The lowest BCUT2D eigenvalue weighted by atomic mass is 9.54. The number of carbonyl (C=O) groups is 4.